The van der Waals surface area contributed by atoms with E-state index in [1.807, 2.05) is 6.92 Å². The molecule has 0 aliphatic carbocycles. The molecule has 104 valence electrons. The molecule has 0 bridgehead atoms. The number of hydrogen-bond acceptors (Lipinski definition) is 4. The number of carbonyl (C=O) groups is 2. The number of rotatable bonds is 2. The summed E-state index contributed by atoms with van der Waals surface area (Å²) in [5.41, 5.74) is 1.37. The first-order valence-electron chi connectivity index (χ1n) is 6.49. The first-order valence-corrected chi connectivity index (χ1v) is 6.49. The van der Waals surface area contributed by atoms with Gasteiger partial charge in [-0.2, -0.15) is 0 Å². The summed E-state index contributed by atoms with van der Waals surface area (Å²) in [4.78, 5) is 26.0. The smallest absolute Gasteiger partial charge is 0.328 e. The highest BCUT2D eigenvalue weighted by Gasteiger charge is 2.34. The highest BCUT2D eigenvalue weighted by Crippen LogP contribution is 2.24. The van der Waals surface area contributed by atoms with Gasteiger partial charge in [-0.1, -0.05) is 0 Å². The molecule has 0 aromatic carbocycles. The Hall–Kier alpha value is -1.78. The van der Waals surface area contributed by atoms with Crippen LogP contribution in [0.1, 0.15) is 40.9 Å². The van der Waals surface area contributed by atoms with Gasteiger partial charge in [-0.15, -0.1) is 0 Å². The van der Waals surface area contributed by atoms with E-state index in [-0.39, 0.29) is 11.9 Å². The summed E-state index contributed by atoms with van der Waals surface area (Å²) in [5, 5.41) is 0. The molecular weight excluding hydrogens is 246 g/mol. The number of amides is 1. The Kier molecular flexibility index (Phi) is 3.93. The summed E-state index contributed by atoms with van der Waals surface area (Å²) >= 11 is 0. The molecule has 1 aromatic heterocycles. The van der Waals surface area contributed by atoms with E-state index in [2.05, 4.69) is 0 Å². The molecular formula is C14H19NO4. The molecule has 1 unspecified atom stereocenters. The monoisotopic (exact) mass is 265 g/mol. The van der Waals surface area contributed by atoms with Gasteiger partial charge in [-0.3, -0.25) is 4.79 Å². The first kappa shape index (κ1) is 13.6. The predicted molar refractivity (Wildman–Crippen MR) is 68.9 cm³/mol. The quantitative estimate of drug-likeness (QED) is 0.768. The van der Waals surface area contributed by atoms with Gasteiger partial charge in [0.15, 0.2) is 0 Å². The molecule has 2 rings (SSSR count). The van der Waals surface area contributed by atoms with E-state index in [9.17, 15) is 9.59 Å². The number of furan rings is 1. The second-order valence-corrected chi connectivity index (χ2v) is 4.88. The zero-order chi connectivity index (χ0) is 14.0. The van der Waals surface area contributed by atoms with Gasteiger partial charge in [0.2, 0.25) is 0 Å². The molecule has 1 aromatic rings. The van der Waals surface area contributed by atoms with Gasteiger partial charge in [-0.25, -0.2) is 4.79 Å². The van der Waals surface area contributed by atoms with E-state index in [1.54, 1.807) is 18.1 Å². The minimum absolute atomic E-state index is 0.140. The number of ether oxygens (including phenoxy) is 1. The molecule has 0 saturated carbocycles. The van der Waals surface area contributed by atoms with Crippen LogP contribution >= 0.6 is 0 Å². The fraction of sp³-hybridized carbons (Fsp3) is 0.571. The van der Waals surface area contributed by atoms with E-state index in [0.717, 1.165) is 18.4 Å². The predicted octanol–water partition coefficient (Wildman–Crippen LogP) is 2.06. The van der Waals surface area contributed by atoms with Crippen LogP contribution in [0.4, 0.5) is 0 Å². The van der Waals surface area contributed by atoms with Gasteiger partial charge in [-0.05, 0) is 33.1 Å². The molecule has 1 fully saturated rings. The Morgan fingerprint density at radius 3 is 2.68 bits per heavy atom. The van der Waals surface area contributed by atoms with Crippen molar-refractivity contribution in [2.45, 2.75) is 39.2 Å². The summed E-state index contributed by atoms with van der Waals surface area (Å²) in [6, 6.07) is -0.472. The van der Waals surface area contributed by atoms with Crippen molar-refractivity contribution in [3.05, 3.63) is 23.2 Å². The maximum Gasteiger partial charge on any atom is 0.328 e. The van der Waals surface area contributed by atoms with Gasteiger partial charge in [0.05, 0.1) is 18.9 Å². The Bertz CT molecular complexity index is 472. The molecule has 1 aliphatic heterocycles. The summed E-state index contributed by atoms with van der Waals surface area (Å²) < 4.78 is 10.1. The summed E-state index contributed by atoms with van der Waals surface area (Å²) in [5.74, 6) is 0.113. The number of methoxy groups -OCH3 is 1. The van der Waals surface area contributed by atoms with E-state index in [1.165, 1.54) is 7.11 Å². The van der Waals surface area contributed by atoms with Crippen molar-refractivity contribution in [2.24, 2.45) is 0 Å². The lowest BCUT2D eigenvalue weighted by Crippen LogP contribution is -2.48. The normalized spacial score (nSPS) is 19.3. The fourth-order valence-corrected chi connectivity index (χ4v) is 2.59. The Morgan fingerprint density at radius 1 is 1.37 bits per heavy atom. The number of hydrogen-bond donors (Lipinski definition) is 0. The molecule has 1 aliphatic rings. The van der Waals surface area contributed by atoms with Crippen LogP contribution in [0.3, 0.4) is 0 Å². The van der Waals surface area contributed by atoms with Crippen LogP contribution in [0.5, 0.6) is 0 Å². The number of likely N-dealkylation sites (tertiary alicyclic amines) is 1. The summed E-state index contributed by atoms with van der Waals surface area (Å²) in [6.45, 7) is 4.18. The van der Waals surface area contributed by atoms with Gasteiger partial charge in [0.25, 0.3) is 5.91 Å². The third-order valence-corrected chi connectivity index (χ3v) is 3.61. The Balaban J connectivity index is 2.28. The van der Waals surface area contributed by atoms with Crippen molar-refractivity contribution in [3.8, 4) is 0 Å². The molecule has 2 heterocycles. The van der Waals surface area contributed by atoms with Crippen LogP contribution in [0.15, 0.2) is 10.7 Å². The van der Waals surface area contributed by atoms with Crippen LogP contribution in [0.25, 0.3) is 0 Å². The number of aryl methyl sites for hydroxylation is 2. The Labute approximate surface area is 112 Å². The number of piperidine rings is 1. The van der Waals surface area contributed by atoms with E-state index in [0.29, 0.717) is 24.3 Å². The third-order valence-electron chi connectivity index (χ3n) is 3.61. The highest BCUT2D eigenvalue weighted by molar-refractivity contribution is 5.98. The van der Waals surface area contributed by atoms with Gasteiger partial charge >= 0.3 is 5.97 Å². The van der Waals surface area contributed by atoms with Crippen LogP contribution in [-0.4, -0.2) is 36.5 Å². The van der Waals surface area contributed by atoms with Crippen LogP contribution in [0, 0.1) is 13.8 Å². The molecule has 0 radical (unpaired) electrons. The lowest BCUT2D eigenvalue weighted by Gasteiger charge is -2.33. The number of carbonyl (C=O) groups excluding carboxylic acids is 2. The van der Waals surface area contributed by atoms with Crippen LogP contribution in [0.2, 0.25) is 0 Å². The minimum Gasteiger partial charge on any atom is -0.469 e. The first-order chi connectivity index (χ1) is 9.06. The van der Waals surface area contributed by atoms with Crippen molar-refractivity contribution in [2.75, 3.05) is 13.7 Å². The third kappa shape index (κ3) is 2.50. The average molecular weight is 265 g/mol. The Morgan fingerprint density at radius 2 is 2.11 bits per heavy atom. The average Bonchev–Trinajstić information content (AvgIpc) is 2.76. The maximum absolute atomic E-state index is 12.6. The number of esters is 1. The summed E-state index contributed by atoms with van der Waals surface area (Å²) in [7, 11) is 1.36. The topological polar surface area (TPSA) is 59.8 Å². The van der Waals surface area contributed by atoms with Gasteiger partial charge in [0, 0.05) is 12.1 Å². The van der Waals surface area contributed by atoms with Crippen molar-refractivity contribution in [1.29, 1.82) is 0 Å². The zero-order valence-corrected chi connectivity index (χ0v) is 11.6. The van der Waals surface area contributed by atoms with Crippen LogP contribution in [-0.2, 0) is 9.53 Å². The van der Waals surface area contributed by atoms with Crippen LogP contribution < -0.4 is 0 Å². The van der Waals surface area contributed by atoms with E-state index in [4.69, 9.17) is 9.15 Å². The van der Waals surface area contributed by atoms with Gasteiger partial charge < -0.3 is 14.1 Å². The molecule has 1 saturated heterocycles. The largest absolute Gasteiger partial charge is 0.469 e. The highest BCUT2D eigenvalue weighted by atomic mass is 16.5. The van der Waals surface area contributed by atoms with Crippen molar-refractivity contribution < 1.29 is 18.7 Å². The SMILES string of the molecule is COC(=O)C1CCCCN1C(=O)c1c(C)coc1C. The summed E-state index contributed by atoms with van der Waals surface area (Å²) in [6.07, 6.45) is 4.08. The molecule has 0 N–H and O–H groups in total. The minimum atomic E-state index is -0.472. The molecule has 1 amide bonds. The molecule has 1 atom stereocenters. The van der Waals surface area contributed by atoms with Crippen molar-refractivity contribution in [3.63, 3.8) is 0 Å². The molecule has 19 heavy (non-hydrogen) atoms. The number of nitrogens with zero attached hydrogens (tertiary/aromatic N) is 1. The lowest BCUT2D eigenvalue weighted by atomic mass is 10.00. The standard InChI is InChI=1S/C14H19NO4/c1-9-8-19-10(2)12(9)13(16)15-7-5-4-6-11(15)14(17)18-3/h8,11H,4-7H2,1-3H3. The molecule has 5 nitrogen and oxygen atoms in total. The molecule has 0 spiro atoms. The van der Waals surface area contributed by atoms with E-state index < -0.39 is 6.04 Å². The van der Waals surface area contributed by atoms with Gasteiger partial charge in [0.1, 0.15) is 11.8 Å². The second kappa shape index (κ2) is 5.47. The second-order valence-electron chi connectivity index (χ2n) is 4.88. The van der Waals surface area contributed by atoms with Crippen molar-refractivity contribution >= 4 is 11.9 Å². The van der Waals surface area contributed by atoms with Crippen molar-refractivity contribution in [1.82, 2.24) is 4.90 Å². The lowest BCUT2D eigenvalue weighted by molar-refractivity contribution is -0.147. The molecule has 5 heteroatoms. The fourth-order valence-electron chi connectivity index (χ4n) is 2.59. The zero-order valence-electron chi connectivity index (χ0n) is 11.6. The maximum atomic E-state index is 12.6. The van der Waals surface area contributed by atoms with E-state index >= 15 is 0 Å².